The summed E-state index contributed by atoms with van der Waals surface area (Å²) < 4.78 is 18.4. The molecule has 2 aromatic carbocycles. The lowest BCUT2D eigenvalue weighted by Gasteiger charge is -2.35. The van der Waals surface area contributed by atoms with Crippen LogP contribution in [-0.4, -0.2) is 53.0 Å². The Kier molecular flexibility index (Phi) is 9.08. The van der Waals surface area contributed by atoms with Gasteiger partial charge in [0, 0.05) is 36.2 Å². The van der Waals surface area contributed by atoms with Gasteiger partial charge >= 0.3 is 5.97 Å². The van der Waals surface area contributed by atoms with E-state index in [-0.39, 0.29) is 54.0 Å². The van der Waals surface area contributed by atoms with Gasteiger partial charge in [0.05, 0.1) is 6.04 Å². The molecule has 1 aliphatic carbocycles. The molecule has 2 aliphatic rings. The van der Waals surface area contributed by atoms with Crippen LogP contribution in [0.3, 0.4) is 0 Å². The molecule has 2 fully saturated rings. The van der Waals surface area contributed by atoms with Crippen LogP contribution >= 0.6 is 12.4 Å². The Balaban J connectivity index is 0.00000353. The normalized spacial score (nSPS) is 23.8. The van der Waals surface area contributed by atoms with Crippen LogP contribution in [-0.2, 0) is 16.0 Å². The predicted molar refractivity (Wildman–Crippen MR) is 148 cm³/mol. The fourth-order valence-electron chi connectivity index (χ4n) is 6.26. The maximum Gasteiger partial charge on any atom is 0.371 e. The van der Waals surface area contributed by atoms with Gasteiger partial charge in [0.15, 0.2) is 5.78 Å². The maximum atomic E-state index is 13.9. The Bertz CT molecular complexity index is 1320. The maximum absolute atomic E-state index is 13.9. The molecule has 2 heterocycles. The standard InChI is InChI=1S/C30H33FN2O5.ClH/c31-17-24(32)20-7-9-21(10-8-20)29(35)33-13-12-23(19-4-2-1-3-5-19)28(33)25(34)15-18-6-11-26-22(14-18)16-27(38-26)30(36)37;/h1-6,11,14,16,20-21,23-24,28H,7-10,12-13,15,17,32H2,(H,36,37);1H/t20?,21?,23-,24-,28+;/m1./s1. The van der Waals surface area contributed by atoms with Crippen molar-refractivity contribution in [3.05, 3.63) is 71.5 Å². The smallest absolute Gasteiger partial charge is 0.371 e. The van der Waals surface area contributed by atoms with Crippen LogP contribution < -0.4 is 5.73 Å². The Morgan fingerprint density at radius 2 is 1.74 bits per heavy atom. The van der Waals surface area contributed by atoms with Crippen LogP contribution in [0.15, 0.2) is 59.0 Å². The van der Waals surface area contributed by atoms with E-state index in [1.54, 1.807) is 23.1 Å². The quantitative estimate of drug-likeness (QED) is 0.396. The summed E-state index contributed by atoms with van der Waals surface area (Å²) in [4.78, 5) is 40.6. The lowest BCUT2D eigenvalue weighted by Crippen LogP contribution is -2.47. The highest BCUT2D eigenvalue weighted by molar-refractivity contribution is 5.94. The van der Waals surface area contributed by atoms with Gasteiger partial charge in [0.25, 0.3) is 0 Å². The summed E-state index contributed by atoms with van der Waals surface area (Å²) in [5.74, 6) is -1.52. The average molecular weight is 557 g/mol. The molecule has 0 spiro atoms. The number of hydrogen-bond acceptors (Lipinski definition) is 5. The van der Waals surface area contributed by atoms with Gasteiger partial charge in [-0.25, -0.2) is 9.18 Å². The van der Waals surface area contributed by atoms with Gasteiger partial charge in [-0.3, -0.25) is 9.59 Å². The van der Waals surface area contributed by atoms with Crippen molar-refractivity contribution >= 4 is 41.0 Å². The third-order valence-corrected chi connectivity index (χ3v) is 8.31. The Morgan fingerprint density at radius 1 is 1.03 bits per heavy atom. The van der Waals surface area contributed by atoms with Gasteiger partial charge in [-0.05, 0) is 67.3 Å². The summed E-state index contributed by atoms with van der Waals surface area (Å²) in [6.07, 6.45) is 3.59. The van der Waals surface area contributed by atoms with E-state index in [0.29, 0.717) is 36.8 Å². The number of carboxylic acids is 1. The monoisotopic (exact) mass is 556 g/mol. The van der Waals surface area contributed by atoms with Gasteiger partial charge in [-0.2, -0.15) is 0 Å². The molecule has 3 aromatic rings. The van der Waals surface area contributed by atoms with Crippen LogP contribution in [0, 0.1) is 11.8 Å². The number of Topliss-reactive ketones (excluding diaryl/α,β-unsaturated/α-hetero) is 1. The van der Waals surface area contributed by atoms with Crippen molar-refractivity contribution in [3.8, 4) is 0 Å². The van der Waals surface area contributed by atoms with Crippen molar-refractivity contribution in [1.82, 2.24) is 4.90 Å². The first-order chi connectivity index (χ1) is 18.4. The molecule has 1 saturated heterocycles. The van der Waals surface area contributed by atoms with Crippen molar-refractivity contribution in [2.24, 2.45) is 17.6 Å². The zero-order valence-corrected chi connectivity index (χ0v) is 22.4. The molecule has 39 heavy (non-hydrogen) atoms. The fourth-order valence-corrected chi connectivity index (χ4v) is 6.26. The van der Waals surface area contributed by atoms with E-state index in [1.807, 2.05) is 30.3 Å². The molecule has 1 aliphatic heterocycles. The van der Waals surface area contributed by atoms with Crippen LogP contribution in [0.4, 0.5) is 4.39 Å². The molecule has 0 radical (unpaired) electrons. The van der Waals surface area contributed by atoms with Gasteiger partial charge in [-0.15, -0.1) is 12.4 Å². The van der Waals surface area contributed by atoms with E-state index in [4.69, 9.17) is 10.2 Å². The number of halogens is 2. The molecule has 3 N–H and O–H groups in total. The summed E-state index contributed by atoms with van der Waals surface area (Å²) in [5.41, 5.74) is 8.14. The second-order valence-electron chi connectivity index (χ2n) is 10.6. The number of aromatic carboxylic acids is 1. The molecule has 9 heteroatoms. The molecular formula is C30H34ClFN2O5. The summed E-state index contributed by atoms with van der Waals surface area (Å²) >= 11 is 0. The minimum absolute atomic E-state index is 0. The highest BCUT2D eigenvalue weighted by Gasteiger charge is 2.44. The Morgan fingerprint density at radius 3 is 2.41 bits per heavy atom. The van der Waals surface area contributed by atoms with Crippen LogP contribution in [0.25, 0.3) is 11.0 Å². The molecule has 1 aromatic heterocycles. The highest BCUT2D eigenvalue weighted by Crippen LogP contribution is 2.38. The summed E-state index contributed by atoms with van der Waals surface area (Å²) in [6.45, 7) is -0.0333. The van der Waals surface area contributed by atoms with E-state index in [9.17, 15) is 23.9 Å². The van der Waals surface area contributed by atoms with Gasteiger partial charge in [0.1, 0.15) is 12.3 Å². The largest absolute Gasteiger partial charge is 0.475 e. The third-order valence-electron chi connectivity index (χ3n) is 8.31. The lowest BCUT2D eigenvalue weighted by atomic mass is 9.78. The zero-order chi connectivity index (χ0) is 26.8. The van der Waals surface area contributed by atoms with Crippen molar-refractivity contribution in [2.75, 3.05) is 13.2 Å². The van der Waals surface area contributed by atoms with Gasteiger partial charge < -0.3 is 20.2 Å². The average Bonchev–Trinajstić information content (AvgIpc) is 3.58. The van der Waals surface area contributed by atoms with E-state index >= 15 is 0 Å². The van der Waals surface area contributed by atoms with Crippen LogP contribution in [0.1, 0.15) is 59.7 Å². The second-order valence-corrected chi connectivity index (χ2v) is 10.6. The number of carbonyl (C=O) groups is 3. The first-order valence-corrected chi connectivity index (χ1v) is 13.3. The van der Waals surface area contributed by atoms with Crippen molar-refractivity contribution in [1.29, 1.82) is 0 Å². The topological polar surface area (TPSA) is 114 Å². The number of hydrogen-bond donors (Lipinski definition) is 2. The summed E-state index contributed by atoms with van der Waals surface area (Å²) in [7, 11) is 0. The minimum Gasteiger partial charge on any atom is -0.475 e. The number of nitrogens with zero attached hydrogens (tertiary/aromatic N) is 1. The number of rotatable bonds is 8. The number of furan rings is 1. The SMILES string of the molecule is Cl.N[C@H](CF)C1CCC(C(=O)N2CC[C@H](c3ccccc3)[C@H]2C(=O)Cc2ccc3oc(C(=O)O)cc3c2)CC1. The van der Waals surface area contributed by atoms with Crippen molar-refractivity contribution < 1.29 is 28.3 Å². The third kappa shape index (κ3) is 6.02. The first kappa shape index (κ1) is 28.8. The number of carbonyl (C=O) groups excluding carboxylic acids is 2. The highest BCUT2D eigenvalue weighted by atomic mass is 35.5. The zero-order valence-electron chi connectivity index (χ0n) is 21.6. The van der Waals surface area contributed by atoms with Gasteiger partial charge in [-0.1, -0.05) is 36.4 Å². The fraction of sp³-hybridized carbons (Fsp3) is 0.433. The van der Waals surface area contributed by atoms with Crippen LogP contribution in [0.2, 0.25) is 0 Å². The number of ketones is 1. The van der Waals surface area contributed by atoms with E-state index in [0.717, 1.165) is 24.0 Å². The summed E-state index contributed by atoms with van der Waals surface area (Å²) in [5, 5.41) is 9.84. The van der Waals surface area contributed by atoms with Crippen LogP contribution in [0.5, 0.6) is 0 Å². The number of nitrogens with two attached hydrogens (primary N) is 1. The van der Waals surface area contributed by atoms with E-state index < -0.39 is 24.7 Å². The number of likely N-dealkylation sites (tertiary alicyclic amines) is 1. The molecule has 208 valence electrons. The van der Waals surface area contributed by atoms with Crippen molar-refractivity contribution in [3.63, 3.8) is 0 Å². The molecule has 1 saturated carbocycles. The Labute approximate surface area is 232 Å². The van der Waals surface area contributed by atoms with E-state index in [1.165, 1.54) is 6.07 Å². The number of fused-ring (bicyclic) bond motifs is 1. The molecular weight excluding hydrogens is 523 g/mol. The molecule has 0 bridgehead atoms. The molecule has 5 rings (SSSR count). The molecule has 7 nitrogen and oxygen atoms in total. The Hall–Kier alpha value is -3.23. The lowest BCUT2D eigenvalue weighted by molar-refractivity contribution is -0.142. The number of carboxylic acid groups (broad SMARTS) is 1. The van der Waals surface area contributed by atoms with Crippen molar-refractivity contribution in [2.45, 2.75) is 56.5 Å². The molecule has 1 amide bonds. The summed E-state index contributed by atoms with van der Waals surface area (Å²) in [6, 6.07) is 15.5. The number of amides is 1. The first-order valence-electron chi connectivity index (χ1n) is 13.3. The predicted octanol–water partition coefficient (Wildman–Crippen LogP) is 5.15. The second kappa shape index (κ2) is 12.3. The molecule has 3 atom stereocenters. The van der Waals surface area contributed by atoms with Gasteiger partial charge in [0.2, 0.25) is 11.7 Å². The molecule has 0 unspecified atom stereocenters. The number of alkyl halides is 1. The minimum atomic E-state index is -1.15. The number of benzene rings is 2. The van der Waals surface area contributed by atoms with E-state index in [2.05, 4.69) is 0 Å².